The summed E-state index contributed by atoms with van der Waals surface area (Å²) in [5, 5.41) is 2.58. The summed E-state index contributed by atoms with van der Waals surface area (Å²) in [7, 11) is 1.51. The van der Waals surface area contributed by atoms with Gasteiger partial charge >= 0.3 is 0 Å². The Balaban J connectivity index is 1.69. The summed E-state index contributed by atoms with van der Waals surface area (Å²) in [5.74, 6) is -0.444. The Bertz CT molecular complexity index is 973. The van der Waals surface area contributed by atoms with Crippen LogP contribution in [0.1, 0.15) is 11.1 Å². The van der Waals surface area contributed by atoms with Crippen molar-refractivity contribution in [3.63, 3.8) is 0 Å². The van der Waals surface area contributed by atoms with E-state index in [1.165, 1.54) is 7.11 Å². The van der Waals surface area contributed by atoms with E-state index in [0.29, 0.717) is 22.0 Å². The minimum absolute atomic E-state index is 0.231. The summed E-state index contributed by atoms with van der Waals surface area (Å²) in [5.41, 5.74) is 2.32. The highest BCUT2D eigenvalue weighted by Gasteiger charge is 2.36. The summed E-state index contributed by atoms with van der Waals surface area (Å²) in [6.07, 6.45) is 1.56. The van der Waals surface area contributed by atoms with Gasteiger partial charge in [-0.3, -0.25) is 19.3 Å². The monoisotopic (exact) mass is 416 g/mol. The van der Waals surface area contributed by atoms with Crippen LogP contribution in [-0.4, -0.2) is 35.6 Å². The van der Waals surface area contributed by atoms with Gasteiger partial charge in [0, 0.05) is 5.69 Å². The van der Waals surface area contributed by atoms with E-state index >= 15 is 0 Å². The van der Waals surface area contributed by atoms with E-state index in [0.717, 1.165) is 22.2 Å². The molecule has 1 aliphatic heterocycles. The minimum Gasteiger partial charge on any atom is -0.495 e. The molecule has 1 aliphatic rings. The Kier molecular flexibility index (Phi) is 6.06. The molecule has 0 unspecified atom stereocenters. The Morgan fingerprint density at radius 2 is 1.93 bits per heavy atom. The number of amides is 3. The highest BCUT2D eigenvalue weighted by atomic mass is 35.5. The fourth-order valence-corrected chi connectivity index (χ4v) is 3.65. The maximum atomic E-state index is 12.5. The van der Waals surface area contributed by atoms with Crippen molar-refractivity contribution in [1.82, 2.24) is 4.90 Å². The van der Waals surface area contributed by atoms with Gasteiger partial charge in [0.1, 0.15) is 12.3 Å². The SMILES string of the molecule is COc1ccc(/C=C2\SC(=O)N(CC(=O)Nc3ccc(C)cc3)C2=O)cc1Cl. The number of imide groups is 1. The van der Waals surface area contributed by atoms with Gasteiger partial charge in [0.25, 0.3) is 11.1 Å². The molecule has 2 aromatic rings. The van der Waals surface area contributed by atoms with Crippen molar-refractivity contribution in [1.29, 1.82) is 0 Å². The minimum atomic E-state index is -0.513. The second-order valence-electron chi connectivity index (χ2n) is 6.08. The van der Waals surface area contributed by atoms with Crippen molar-refractivity contribution in [2.75, 3.05) is 19.0 Å². The molecular formula is C20H17ClN2O4S. The first-order valence-corrected chi connectivity index (χ1v) is 9.52. The zero-order valence-corrected chi connectivity index (χ0v) is 16.8. The van der Waals surface area contributed by atoms with Crippen LogP contribution < -0.4 is 10.1 Å². The highest BCUT2D eigenvalue weighted by molar-refractivity contribution is 8.18. The summed E-state index contributed by atoms with van der Waals surface area (Å²) < 4.78 is 5.09. The van der Waals surface area contributed by atoms with E-state index < -0.39 is 17.1 Å². The number of rotatable bonds is 5. The maximum absolute atomic E-state index is 12.5. The number of ether oxygens (including phenoxy) is 1. The molecule has 2 aromatic carbocycles. The molecular weight excluding hydrogens is 400 g/mol. The molecule has 0 bridgehead atoms. The van der Waals surface area contributed by atoms with Gasteiger partial charge in [0.15, 0.2) is 0 Å². The summed E-state index contributed by atoms with van der Waals surface area (Å²) in [4.78, 5) is 38.1. The third-order valence-corrected chi connectivity index (χ3v) is 5.19. The lowest BCUT2D eigenvalue weighted by Gasteiger charge is -2.12. The zero-order valence-electron chi connectivity index (χ0n) is 15.2. The Morgan fingerprint density at radius 3 is 2.57 bits per heavy atom. The van der Waals surface area contributed by atoms with Crippen molar-refractivity contribution in [2.24, 2.45) is 0 Å². The molecule has 1 saturated heterocycles. The van der Waals surface area contributed by atoms with Crippen LogP contribution in [0.2, 0.25) is 5.02 Å². The van der Waals surface area contributed by atoms with Crippen molar-refractivity contribution < 1.29 is 19.1 Å². The quantitative estimate of drug-likeness (QED) is 0.734. The topological polar surface area (TPSA) is 75.7 Å². The number of thioether (sulfide) groups is 1. The fraction of sp³-hybridized carbons (Fsp3) is 0.150. The van der Waals surface area contributed by atoms with Gasteiger partial charge in [0.05, 0.1) is 17.0 Å². The van der Waals surface area contributed by atoms with E-state index in [1.54, 1.807) is 36.4 Å². The summed E-state index contributed by atoms with van der Waals surface area (Å²) in [6, 6.07) is 12.3. The van der Waals surface area contributed by atoms with Crippen LogP contribution in [0.3, 0.4) is 0 Å². The first-order valence-electron chi connectivity index (χ1n) is 8.33. The summed E-state index contributed by atoms with van der Waals surface area (Å²) >= 11 is 6.87. The predicted molar refractivity (Wildman–Crippen MR) is 110 cm³/mol. The Hall–Kier alpha value is -2.77. The molecule has 0 saturated carbocycles. The normalized spacial score (nSPS) is 15.2. The van der Waals surface area contributed by atoms with Crippen LogP contribution in [0.25, 0.3) is 6.08 Å². The van der Waals surface area contributed by atoms with E-state index in [2.05, 4.69) is 5.32 Å². The molecule has 1 N–H and O–H groups in total. The zero-order chi connectivity index (χ0) is 20.3. The van der Waals surface area contributed by atoms with Gasteiger partial charge in [-0.2, -0.15) is 0 Å². The Morgan fingerprint density at radius 1 is 1.21 bits per heavy atom. The van der Waals surface area contributed by atoms with Crippen LogP contribution in [0, 0.1) is 6.92 Å². The van der Waals surface area contributed by atoms with Gasteiger partial charge in [-0.15, -0.1) is 0 Å². The standard InChI is InChI=1S/C20H17ClN2O4S/c1-12-3-6-14(7-4-12)22-18(24)11-23-19(25)17(28-20(23)26)10-13-5-8-16(27-2)15(21)9-13/h3-10H,11H2,1-2H3,(H,22,24)/b17-10-. The average Bonchev–Trinajstić information content (AvgIpc) is 2.91. The van der Waals surface area contributed by atoms with Crippen LogP contribution in [0.4, 0.5) is 10.5 Å². The van der Waals surface area contributed by atoms with Gasteiger partial charge < -0.3 is 10.1 Å². The van der Waals surface area contributed by atoms with Gasteiger partial charge in [-0.1, -0.05) is 35.4 Å². The number of aryl methyl sites for hydroxylation is 1. The van der Waals surface area contributed by atoms with Crippen molar-refractivity contribution in [3.8, 4) is 5.75 Å². The van der Waals surface area contributed by atoms with E-state index in [1.807, 2.05) is 19.1 Å². The molecule has 144 valence electrons. The van der Waals surface area contributed by atoms with Crippen molar-refractivity contribution in [3.05, 3.63) is 63.5 Å². The number of carbonyl (C=O) groups excluding carboxylic acids is 3. The second-order valence-corrected chi connectivity index (χ2v) is 7.48. The fourth-order valence-electron chi connectivity index (χ4n) is 2.54. The Labute approximate surface area is 171 Å². The molecule has 0 spiro atoms. The largest absolute Gasteiger partial charge is 0.495 e. The molecule has 28 heavy (non-hydrogen) atoms. The highest BCUT2D eigenvalue weighted by Crippen LogP contribution is 2.33. The number of anilines is 1. The third kappa shape index (κ3) is 4.55. The lowest BCUT2D eigenvalue weighted by Crippen LogP contribution is -2.36. The molecule has 8 heteroatoms. The molecule has 0 atom stereocenters. The van der Waals surface area contributed by atoms with Gasteiger partial charge in [-0.25, -0.2) is 0 Å². The van der Waals surface area contributed by atoms with Crippen LogP contribution >= 0.6 is 23.4 Å². The molecule has 3 amide bonds. The molecule has 3 rings (SSSR count). The number of hydrogen-bond donors (Lipinski definition) is 1. The molecule has 0 radical (unpaired) electrons. The molecule has 6 nitrogen and oxygen atoms in total. The second kappa shape index (κ2) is 8.50. The molecule has 0 aromatic heterocycles. The lowest BCUT2D eigenvalue weighted by molar-refractivity contribution is -0.127. The number of carbonyl (C=O) groups is 3. The lowest BCUT2D eigenvalue weighted by atomic mass is 10.2. The van der Waals surface area contributed by atoms with E-state index in [4.69, 9.17) is 16.3 Å². The summed E-state index contributed by atoms with van der Waals surface area (Å²) in [6.45, 7) is 1.59. The van der Waals surface area contributed by atoms with Crippen LogP contribution in [0.15, 0.2) is 47.4 Å². The average molecular weight is 417 g/mol. The van der Waals surface area contributed by atoms with E-state index in [-0.39, 0.29) is 11.4 Å². The number of methoxy groups -OCH3 is 1. The third-order valence-electron chi connectivity index (χ3n) is 3.98. The van der Waals surface area contributed by atoms with Crippen LogP contribution in [0.5, 0.6) is 5.75 Å². The van der Waals surface area contributed by atoms with Gasteiger partial charge in [-0.05, 0) is 54.6 Å². The van der Waals surface area contributed by atoms with Crippen molar-refractivity contribution >= 4 is 52.2 Å². The van der Waals surface area contributed by atoms with Crippen molar-refractivity contribution in [2.45, 2.75) is 6.92 Å². The number of hydrogen-bond acceptors (Lipinski definition) is 5. The molecule has 1 fully saturated rings. The van der Waals surface area contributed by atoms with Crippen LogP contribution in [-0.2, 0) is 9.59 Å². The molecule has 0 aliphatic carbocycles. The maximum Gasteiger partial charge on any atom is 0.294 e. The number of nitrogens with one attached hydrogen (secondary N) is 1. The first-order chi connectivity index (χ1) is 13.4. The first kappa shape index (κ1) is 20.0. The van der Waals surface area contributed by atoms with Gasteiger partial charge in [0.2, 0.25) is 5.91 Å². The number of halogens is 1. The predicted octanol–water partition coefficient (Wildman–Crippen LogP) is 4.33. The number of nitrogens with zero attached hydrogens (tertiary/aromatic N) is 1. The number of benzene rings is 2. The molecule has 1 heterocycles. The van der Waals surface area contributed by atoms with E-state index in [9.17, 15) is 14.4 Å². The smallest absolute Gasteiger partial charge is 0.294 e.